The molecule has 0 heterocycles. The summed E-state index contributed by atoms with van der Waals surface area (Å²) >= 11 is 0. The fourth-order valence-corrected chi connectivity index (χ4v) is 12.0. The van der Waals surface area contributed by atoms with Crippen molar-refractivity contribution in [2.75, 3.05) is 0 Å². The molecule has 0 saturated heterocycles. The number of aryl methyl sites for hydroxylation is 4. The van der Waals surface area contributed by atoms with Gasteiger partial charge in [-0.3, -0.25) is 0 Å². The predicted octanol–water partition coefficient (Wildman–Crippen LogP) is 8.32. The lowest BCUT2D eigenvalue weighted by Gasteiger charge is -2.35. The lowest BCUT2D eigenvalue weighted by molar-refractivity contribution is 0.963. The Hall–Kier alpha value is -3.04. The topological polar surface area (TPSA) is 0 Å². The fourth-order valence-electron chi connectivity index (χ4n) is 6.44. The van der Waals surface area contributed by atoms with Crippen molar-refractivity contribution in [1.29, 1.82) is 0 Å². The van der Waals surface area contributed by atoms with Gasteiger partial charge in [-0.25, -0.2) is 0 Å². The van der Waals surface area contributed by atoms with E-state index in [1.807, 2.05) is 0 Å². The van der Waals surface area contributed by atoms with Crippen molar-refractivity contribution in [1.82, 2.24) is 0 Å². The molecule has 6 rings (SSSR count). The molecule has 1 atom stereocenters. The minimum atomic E-state index is -0.718. The van der Waals surface area contributed by atoms with Gasteiger partial charge in [0, 0.05) is 5.92 Å². The number of rotatable bonds is 8. The number of benzene rings is 5. The van der Waals surface area contributed by atoms with E-state index in [4.69, 9.17) is 0 Å². The zero-order valence-corrected chi connectivity index (χ0v) is 27.5. The molecular weight excluding hydrogens is 554 g/mol. The summed E-state index contributed by atoms with van der Waals surface area (Å²) in [7, 11) is -1.36. The Labute approximate surface area is 262 Å². The molecule has 1 saturated carbocycles. The van der Waals surface area contributed by atoms with Gasteiger partial charge in [-0.05, 0) is 106 Å². The molecule has 0 nitrogen and oxygen atoms in total. The molecule has 2 heteroatoms. The first kappa shape index (κ1) is 30.0. The Morgan fingerprint density at radius 3 is 1.47 bits per heavy atom. The van der Waals surface area contributed by atoms with E-state index in [9.17, 15) is 0 Å². The third-order valence-corrected chi connectivity index (χ3v) is 13.3. The van der Waals surface area contributed by atoms with Gasteiger partial charge >= 0.3 is 0 Å². The zero-order valence-electron chi connectivity index (χ0n) is 25.8. The summed E-state index contributed by atoms with van der Waals surface area (Å²) in [5.74, 6) is 2.80. The molecule has 0 spiro atoms. The van der Waals surface area contributed by atoms with Crippen molar-refractivity contribution in [3.05, 3.63) is 180 Å². The summed E-state index contributed by atoms with van der Waals surface area (Å²) in [4.78, 5) is 0. The highest BCUT2D eigenvalue weighted by atomic mass is 31.1. The molecule has 0 bridgehead atoms. The molecule has 1 aliphatic carbocycles. The van der Waals surface area contributed by atoms with Gasteiger partial charge in [0.2, 0.25) is 0 Å². The number of hydrogen-bond donors (Lipinski definition) is 0. The van der Waals surface area contributed by atoms with E-state index in [0.29, 0.717) is 5.66 Å². The normalized spacial score (nSPS) is 15.0. The molecule has 1 fully saturated rings. The second-order valence-electron chi connectivity index (χ2n) is 11.7. The van der Waals surface area contributed by atoms with Crippen LogP contribution in [0.1, 0.15) is 34.7 Å². The van der Waals surface area contributed by atoms with Crippen LogP contribution in [0, 0.1) is 58.8 Å². The van der Waals surface area contributed by atoms with Crippen LogP contribution in [0.5, 0.6) is 0 Å². The maximum Gasteiger partial charge on any atom is 0.0171 e. The van der Waals surface area contributed by atoms with Crippen molar-refractivity contribution in [2.45, 2.75) is 40.3 Å². The highest BCUT2D eigenvalue weighted by Gasteiger charge is 2.40. The standard InChI is InChI=1S/C41H39P2/c1-29-23-30(2)26-36(25-29)42(37-27-31(3)24-32(4)28-37)33(5)38-20-14-21-39(38)40-19-12-13-22-41(40)43(34-15-8-6-9-16-34)35-17-10-7-11-18-35/h6-28,33H,1-5H3. The molecule has 213 valence electrons. The molecule has 0 aliphatic heterocycles. The monoisotopic (exact) mass is 593 g/mol. The molecule has 0 amide bonds. The van der Waals surface area contributed by atoms with Crippen molar-refractivity contribution >= 4 is 42.4 Å². The average Bonchev–Trinajstić information content (AvgIpc) is 3.48. The van der Waals surface area contributed by atoms with E-state index in [1.165, 1.54) is 66.2 Å². The average molecular weight is 594 g/mol. The molecule has 43 heavy (non-hydrogen) atoms. The summed E-state index contributed by atoms with van der Waals surface area (Å²) in [5.41, 5.74) is 7.04. The van der Waals surface area contributed by atoms with Crippen molar-refractivity contribution in [2.24, 2.45) is 0 Å². The summed E-state index contributed by atoms with van der Waals surface area (Å²) < 4.78 is 0. The quantitative estimate of drug-likeness (QED) is 0.159. The van der Waals surface area contributed by atoms with Crippen LogP contribution in [0.2, 0.25) is 0 Å². The zero-order chi connectivity index (χ0) is 29.9. The maximum atomic E-state index is 2.46. The van der Waals surface area contributed by atoms with Gasteiger partial charge in [-0.2, -0.15) is 0 Å². The predicted molar refractivity (Wildman–Crippen MR) is 191 cm³/mol. The molecule has 5 radical (unpaired) electrons. The fraction of sp³-hybridized carbons (Fsp3) is 0.146. The highest BCUT2D eigenvalue weighted by Crippen LogP contribution is 2.53. The van der Waals surface area contributed by atoms with Crippen LogP contribution >= 0.6 is 15.8 Å². The van der Waals surface area contributed by atoms with E-state index in [0.717, 1.165) is 0 Å². The van der Waals surface area contributed by atoms with Crippen LogP contribution in [0.3, 0.4) is 0 Å². The van der Waals surface area contributed by atoms with Gasteiger partial charge in [-0.1, -0.05) is 151 Å². The van der Waals surface area contributed by atoms with E-state index in [2.05, 4.69) is 175 Å². The lowest BCUT2D eigenvalue weighted by atomic mass is 9.87. The second-order valence-corrected chi connectivity index (χ2v) is 16.4. The highest BCUT2D eigenvalue weighted by molar-refractivity contribution is 7.80. The molecule has 0 aromatic heterocycles. The molecule has 1 unspecified atom stereocenters. The first-order valence-corrected chi connectivity index (χ1v) is 17.9. The van der Waals surface area contributed by atoms with Gasteiger partial charge in [0.15, 0.2) is 0 Å². The van der Waals surface area contributed by atoms with Gasteiger partial charge in [0.25, 0.3) is 0 Å². The van der Waals surface area contributed by atoms with Crippen molar-refractivity contribution < 1.29 is 0 Å². The minimum Gasteiger partial charge on any atom is -0.0622 e. The van der Waals surface area contributed by atoms with Gasteiger partial charge in [-0.15, -0.1) is 0 Å². The SMILES string of the molecule is Cc1cc(C)cc(P(c2cc(C)cc(C)c2)C(C)[C]2[CH][CH][CH][C]2c2ccccc2P(c2ccccc2)c2ccccc2)c1. The van der Waals surface area contributed by atoms with E-state index in [-0.39, 0.29) is 0 Å². The molecule has 0 N–H and O–H groups in total. The molecule has 1 aliphatic rings. The first-order valence-electron chi connectivity index (χ1n) is 15.1. The van der Waals surface area contributed by atoms with Gasteiger partial charge in [0.1, 0.15) is 0 Å². The first-order chi connectivity index (χ1) is 20.9. The second kappa shape index (κ2) is 13.3. The van der Waals surface area contributed by atoms with Crippen LogP contribution in [0.25, 0.3) is 0 Å². The minimum absolute atomic E-state index is 0.343. The van der Waals surface area contributed by atoms with Crippen LogP contribution in [-0.4, -0.2) is 5.66 Å². The third-order valence-electron chi connectivity index (χ3n) is 8.12. The van der Waals surface area contributed by atoms with E-state index >= 15 is 0 Å². The maximum absolute atomic E-state index is 2.46. The van der Waals surface area contributed by atoms with Crippen LogP contribution in [-0.2, 0) is 0 Å². The van der Waals surface area contributed by atoms with E-state index in [1.54, 1.807) is 0 Å². The third kappa shape index (κ3) is 6.58. The van der Waals surface area contributed by atoms with E-state index < -0.39 is 15.8 Å². The van der Waals surface area contributed by atoms with Crippen LogP contribution < -0.4 is 26.5 Å². The van der Waals surface area contributed by atoms with Crippen molar-refractivity contribution in [3.63, 3.8) is 0 Å². The van der Waals surface area contributed by atoms with Crippen LogP contribution in [0.4, 0.5) is 0 Å². The molecule has 5 aromatic rings. The Balaban J connectivity index is 1.45. The van der Waals surface area contributed by atoms with Gasteiger partial charge < -0.3 is 0 Å². The Morgan fingerprint density at radius 2 is 0.953 bits per heavy atom. The molecular formula is C41H39P2. The Kier molecular flexibility index (Phi) is 9.28. The van der Waals surface area contributed by atoms with Crippen molar-refractivity contribution in [3.8, 4) is 0 Å². The lowest BCUT2D eigenvalue weighted by Crippen LogP contribution is -2.30. The summed E-state index contributed by atoms with van der Waals surface area (Å²) in [6.45, 7) is 11.4. The Morgan fingerprint density at radius 1 is 0.488 bits per heavy atom. The van der Waals surface area contributed by atoms with Gasteiger partial charge in [0.05, 0.1) is 0 Å². The van der Waals surface area contributed by atoms with Crippen LogP contribution in [0.15, 0.2) is 121 Å². The smallest absolute Gasteiger partial charge is 0.0171 e. The summed E-state index contributed by atoms with van der Waals surface area (Å²) in [6, 6.07) is 45.5. The number of hydrogen-bond acceptors (Lipinski definition) is 0. The summed E-state index contributed by atoms with van der Waals surface area (Å²) in [6.07, 6.45) is 7.00. The Bertz CT molecular complexity index is 1540. The summed E-state index contributed by atoms with van der Waals surface area (Å²) in [5, 5.41) is 7.09. The molecule has 5 aromatic carbocycles. The largest absolute Gasteiger partial charge is 0.0622 e.